The molecule has 0 bridgehead atoms. The van der Waals surface area contributed by atoms with Crippen molar-refractivity contribution >= 4 is 44.1 Å². The van der Waals surface area contributed by atoms with Crippen molar-refractivity contribution in [1.82, 2.24) is 4.98 Å². The first-order valence-electron chi connectivity index (χ1n) is 12.9. The highest BCUT2D eigenvalue weighted by molar-refractivity contribution is 7.22. The molecule has 3 aromatic carbocycles. The van der Waals surface area contributed by atoms with Gasteiger partial charge in [-0.05, 0) is 55.2 Å². The van der Waals surface area contributed by atoms with Gasteiger partial charge in [-0.15, -0.1) is 0 Å². The fourth-order valence-electron chi connectivity index (χ4n) is 4.86. The highest BCUT2D eigenvalue weighted by atomic mass is 32.1. The maximum atomic E-state index is 13.6. The number of amides is 1. The molecule has 5 rings (SSSR count). The number of ether oxygens (including phenoxy) is 2. The van der Waals surface area contributed by atoms with E-state index in [0.717, 1.165) is 34.2 Å². The lowest BCUT2D eigenvalue weighted by Crippen LogP contribution is -2.29. The molecule has 8 heteroatoms. The molecule has 1 fully saturated rings. The SMILES string of the molecule is CCCCOc1ccc(C2C(=C(O)c3ccccc3)C(=O)C(=O)N2c2nc3c(C)cc(C)cc3s2)cc1OC. The maximum Gasteiger partial charge on any atom is 0.301 e. The van der Waals surface area contributed by atoms with Crippen molar-refractivity contribution in [3.63, 3.8) is 0 Å². The molecule has 4 aromatic rings. The van der Waals surface area contributed by atoms with Crippen LogP contribution in [-0.4, -0.2) is 35.5 Å². The Balaban J connectivity index is 1.70. The summed E-state index contributed by atoms with van der Waals surface area (Å²) in [5.41, 5.74) is 3.89. The minimum Gasteiger partial charge on any atom is -0.507 e. The number of aliphatic hydroxyl groups excluding tert-OH is 1. The molecule has 1 amide bonds. The summed E-state index contributed by atoms with van der Waals surface area (Å²) >= 11 is 1.34. The lowest BCUT2D eigenvalue weighted by atomic mass is 9.95. The number of Topliss-reactive ketones (excluding diaryl/α,β-unsaturated/α-hetero) is 1. The molecule has 1 aliphatic rings. The molecule has 39 heavy (non-hydrogen) atoms. The number of nitrogens with zero attached hydrogens (tertiary/aromatic N) is 2. The van der Waals surface area contributed by atoms with Crippen molar-refractivity contribution in [1.29, 1.82) is 0 Å². The number of ketones is 1. The molecule has 0 aliphatic carbocycles. The number of aryl methyl sites for hydroxylation is 2. The van der Waals surface area contributed by atoms with Crippen LogP contribution in [0.5, 0.6) is 11.5 Å². The minimum atomic E-state index is -0.911. The predicted octanol–water partition coefficient (Wildman–Crippen LogP) is 6.73. The number of carbonyl (C=O) groups is 2. The second-order valence-corrected chi connectivity index (χ2v) is 10.6. The summed E-state index contributed by atoms with van der Waals surface area (Å²) in [6.45, 7) is 6.61. The zero-order valence-electron chi connectivity index (χ0n) is 22.4. The third-order valence-electron chi connectivity index (χ3n) is 6.78. The third-order valence-corrected chi connectivity index (χ3v) is 7.78. The number of carbonyl (C=O) groups excluding carboxylic acids is 2. The number of benzene rings is 3. The van der Waals surface area contributed by atoms with Gasteiger partial charge < -0.3 is 14.6 Å². The van der Waals surface area contributed by atoms with Gasteiger partial charge in [0.05, 0.1) is 35.5 Å². The number of rotatable bonds is 8. The Bertz CT molecular complexity index is 1590. The average Bonchev–Trinajstić information content (AvgIpc) is 3.47. The molecule has 0 saturated carbocycles. The number of fused-ring (bicyclic) bond motifs is 1. The molecular formula is C31H30N2O5S. The standard InChI is InChI=1S/C31H30N2O5S/c1-5-6-14-38-22-13-12-21(17-23(22)37-4)27-25(28(34)20-10-8-7-9-11-20)29(35)30(36)33(27)31-32-26-19(3)15-18(2)16-24(26)39-31/h7-13,15-17,27,34H,5-6,14H2,1-4H3. The molecular weight excluding hydrogens is 512 g/mol. The summed E-state index contributed by atoms with van der Waals surface area (Å²) < 4.78 is 12.4. The Morgan fingerprint density at radius 2 is 1.82 bits per heavy atom. The largest absolute Gasteiger partial charge is 0.507 e. The molecule has 7 nitrogen and oxygen atoms in total. The Morgan fingerprint density at radius 3 is 2.54 bits per heavy atom. The van der Waals surface area contributed by atoms with E-state index in [2.05, 4.69) is 6.92 Å². The monoisotopic (exact) mass is 542 g/mol. The van der Waals surface area contributed by atoms with E-state index in [4.69, 9.17) is 14.5 Å². The molecule has 200 valence electrons. The molecule has 1 atom stereocenters. The van der Waals surface area contributed by atoms with Gasteiger partial charge in [0, 0.05) is 5.56 Å². The van der Waals surface area contributed by atoms with Crippen LogP contribution in [0.15, 0.2) is 66.2 Å². The van der Waals surface area contributed by atoms with Gasteiger partial charge in [0.2, 0.25) is 0 Å². The smallest absolute Gasteiger partial charge is 0.301 e. The molecule has 1 unspecified atom stereocenters. The lowest BCUT2D eigenvalue weighted by molar-refractivity contribution is -0.132. The van der Waals surface area contributed by atoms with Crippen LogP contribution in [0, 0.1) is 13.8 Å². The van der Waals surface area contributed by atoms with Crippen molar-refractivity contribution in [2.75, 3.05) is 18.6 Å². The molecule has 1 aliphatic heterocycles. The molecule has 1 saturated heterocycles. The van der Waals surface area contributed by atoms with E-state index < -0.39 is 17.7 Å². The van der Waals surface area contributed by atoms with Gasteiger partial charge in [0.25, 0.3) is 5.78 Å². The van der Waals surface area contributed by atoms with E-state index in [9.17, 15) is 14.7 Å². The minimum absolute atomic E-state index is 0.0000584. The van der Waals surface area contributed by atoms with E-state index in [-0.39, 0.29) is 11.3 Å². The number of methoxy groups -OCH3 is 1. The molecule has 0 spiro atoms. The summed E-state index contributed by atoms with van der Waals surface area (Å²) in [5.74, 6) is -0.703. The molecule has 2 heterocycles. The zero-order chi connectivity index (χ0) is 27.7. The second kappa shape index (κ2) is 10.9. The number of hydrogen-bond acceptors (Lipinski definition) is 7. The summed E-state index contributed by atoms with van der Waals surface area (Å²) in [6.07, 6.45) is 1.90. The van der Waals surface area contributed by atoms with Crippen molar-refractivity contribution in [3.05, 3.63) is 88.5 Å². The Kier molecular flexibility index (Phi) is 7.39. The topological polar surface area (TPSA) is 89.0 Å². The zero-order valence-corrected chi connectivity index (χ0v) is 23.2. The Hall–Kier alpha value is -4.17. The van der Waals surface area contributed by atoms with Crippen LogP contribution in [0.3, 0.4) is 0 Å². The van der Waals surface area contributed by atoms with Crippen molar-refractivity contribution in [3.8, 4) is 11.5 Å². The quantitative estimate of drug-likeness (QED) is 0.115. The number of aliphatic hydroxyl groups is 1. The fourth-order valence-corrected chi connectivity index (χ4v) is 6.03. The molecule has 0 radical (unpaired) electrons. The first kappa shape index (κ1) is 26.4. The first-order chi connectivity index (χ1) is 18.8. The van der Waals surface area contributed by atoms with E-state index >= 15 is 0 Å². The molecule has 1 N–H and O–H groups in total. The summed E-state index contributed by atoms with van der Waals surface area (Å²) in [5, 5.41) is 11.7. The summed E-state index contributed by atoms with van der Waals surface area (Å²) in [6, 6.07) is 17.2. The van der Waals surface area contributed by atoms with Gasteiger partial charge in [0.15, 0.2) is 16.6 Å². The number of thiazole rings is 1. The number of aromatic nitrogens is 1. The van der Waals surface area contributed by atoms with Crippen LogP contribution >= 0.6 is 11.3 Å². The highest BCUT2D eigenvalue weighted by Crippen LogP contribution is 2.46. The Morgan fingerprint density at radius 1 is 1.05 bits per heavy atom. The third kappa shape index (κ3) is 4.88. The van der Waals surface area contributed by atoms with Gasteiger partial charge in [-0.2, -0.15) is 0 Å². The van der Waals surface area contributed by atoms with Gasteiger partial charge in [-0.1, -0.05) is 67.1 Å². The van der Waals surface area contributed by atoms with Crippen LogP contribution in [0.4, 0.5) is 5.13 Å². The fraction of sp³-hybridized carbons (Fsp3) is 0.258. The maximum absolute atomic E-state index is 13.6. The second-order valence-electron chi connectivity index (χ2n) is 9.57. The van der Waals surface area contributed by atoms with E-state index in [1.165, 1.54) is 16.2 Å². The van der Waals surface area contributed by atoms with Crippen LogP contribution in [-0.2, 0) is 9.59 Å². The van der Waals surface area contributed by atoms with Crippen molar-refractivity contribution < 1.29 is 24.2 Å². The molecule has 1 aromatic heterocycles. The summed E-state index contributed by atoms with van der Waals surface area (Å²) in [4.78, 5) is 33.3. The summed E-state index contributed by atoms with van der Waals surface area (Å²) in [7, 11) is 1.55. The van der Waals surface area contributed by atoms with E-state index in [0.29, 0.717) is 34.4 Å². The van der Waals surface area contributed by atoms with E-state index in [1.807, 2.05) is 32.0 Å². The number of unbranched alkanes of at least 4 members (excludes halogenated alkanes) is 1. The number of hydrogen-bond donors (Lipinski definition) is 1. The Labute approximate surface area is 231 Å². The van der Waals surface area contributed by atoms with Crippen LogP contribution < -0.4 is 14.4 Å². The average molecular weight is 543 g/mol. The van der Waals surface area contributed by atoms with Crippen molar-refractivity contribution in [2.24, 2.45) is 0 Å². The highest BCUT2D eigenvalue weighted by Gasteiger charge is 2.48. The predicted molar refractivity (Wildman–Crippen MR) is 154 cm³/mol. The van der Waals surface area contributed by atoms with Crippen molar-refractivity contribution in [2.45, 2.75) is 39.7 Å². The lowest BCUT2D eigenvalue weighted by Gasteiger charge is -2.24. The normalized spacial score (nSPS) is 16.7. The van der Waals surface area contributed by atoms with Crippen LogP contribution in [0.1, 0.15) is 48.1 Å². The van der Waals surface area contributed by atoms with Crippen LogP contribution in [0.25, 0.3) is 16.0 Å². The van der Waals surface area contributed by atoms with E-state index in [1.54, 1.807) is 49.6 Å². The van der Waals surface area contributed by atoms with Crippen LogP contribution in [0.2, 0.25) is 0 Å². The van der Waals surface area contributed by atoms with Gasteiger partial charge in [-0.25, -0.2) is 4.98 Å². The van der Waals surface area contributed by atoms with Gasteiger partial charge >= 0.3 is 5.91 Å². The van der Waals surface area contributed by atoms with Gasteiger partial charge in [-0.3, -0.25) is 14.5 Å². The first-order valence-corrected chi connectivity index (χ1v) is 13.7. The van der Waals surface area contributed by atoms with Gasteiger partial charge in [0.1, 0.15) is 5.76 Å². The number of anilines is 1.